The molecule has 2 heterocycles. The van der Waals surface area contributed by atoms with E-state index in [1.165, 1.54) is 0 Å². The van der Waals surface area contributed by atoms with Gasteiger partial charge in [0.2, 0.25) is 0 Å². The SMILES string of the molecule is CC(C)Cc1cnc(CC2CNC2)[nH]c1=O. The van der Waals surface area contributed by atoms with E-state index in [0.717, 1.165) is 37.3 Å². The lowest BCUT2D eigenvalue weighted by molar-refractivity contribution is 0.340. The van der Waals surface area contributed by atoms with E-state index in [1.807, 2.05) is 0 Å². The molecule has 1 saturated heterocycles. The third-order valence-electron chi connectivity index (χ3n) is 2.90. The smallest absolute Gasteiger partial charge is 0.254 e. The van der Waals surface area contributed by atoms with E-state index in [9.17, 15) is 4.79 Å². The highest BCUT2D eigenvalue weighted by atomic mass is 16.1. The van der Waals surface area contributed by atoms with E-state index in [2.05, 4.69) is 29.1 Å². The summed E-state index contributed by atoms with van der Waals surface area (Å²) in [5, 5.41) is 3.21. The summed E-state index contributed by atoms with van der Waals surface area (Å²) in [6.45, 7) is 6.29. The predicted molar refractivity (Wildman–Crippen MR) is 63.5 cm³/mol. The number of aromatic nitrogens is 2. The van der Waals surface area contributed by atoms with Crippen molar-refractivity contribution in [2.24, 2.45) is 11.8 Å². The molecule has 4 heteroatoms. The highest BCUT2D eigenvalue weighted by molar-refractivity contribution is 5.07. The number of nitrogens with zero attached hydrogens (tertiary/aromatic N) is 1. The van der Waals surface area contributed by atoms with Crippen LogP contribution in [0.15, 0.2) is 11.0 Å². The second kappa shape index (κ2) is 4.78. The van der Waals surface area contributed by atoms with E-state index in [1.54, 1.807) is 6.20 Å². The van der Waals surface area contributed by atoms with Crippen LogP contribution in [0, 0.1) is 11.8 Å². The first kappa shape index (κ1) is 11.3. The molecular formula is C12H19N3O. The maximum Gasteiger partial charge on any atom is 0.254 e. The van der Waals surface area contributed by atoms with Crippen LogP contribution in [-0.2, 0) is 12.8 Å². The minimum absolute atomic E-state index is 0.0333. The zero-order valence-corrected chi connectivity index (χ0v) is 9.92. The van der Waals surface area contributed by atoms with Crippen LogP contribution >= 0.6 is 0 Å². The first-order valence-electron chi connectivity index (χ1n) is 5.93. The van der Waals surface area contributed by atoms with Crippen molar-refractivity contribution in [1.29, 1.82) is 0 Å². The first-order chi connectivity index (χ1) is 7.65. The molecule has 4 nitrogen and oxygen atoms in total. The number of hydrogen-bond acceptors (Lipinski definition) is 3. The third kappa shape index (κ3) is 2.70. The standard InChI is InChI=1S/C12H19N3O/c1-8(2)3-10-7-14-11(15-12(10)16)4-9-5-13-6-9/h7-9,13H,3-6H2,1-2H3,(H,14,15,16). The molecule has 0 amide bonds. The van der Waals surface area contributed by atoms with Crippen LogP contribution in [0.5, 0.6) is 0 Å². The Hall–Kier alpha value is -1.16. The Morgan fingerprint density at radius 2 is 2.25 bits per heavy atom. The van der Waals surface area contributed by atoms with Gasteiger partial charge < -0.3 is 10.3 Å². The summed E-state index contributed by atoms with van der Waals surface area (Å²) in [5.74, 6) is 1.95. The number of H-pyrrole nitrogens is 1. The van der Waals surface area contributed by atoms with Crippen molar-refractivity contribution in [3.8, 4) is 0 Å². The van der Waals surface area contributed by atoms with Gasteiger partial charge in [-0.15, -0.1) is 0 Å². The van der Waals surface area contributed by atoms with Crippen LogP contribution in [0.25, 0.3) is 0 Å². The maximum absolute atomic E-state index is 11.8. The van der Waals surface area contributed by atoms with Crippen LogP contribution < -0.4 is 10.9 Å². The van der Waals surface area contributed by atoms with Crippen LogP contribution in [0.4, 0.5) is 0 Å². The van der Waals surface area contributed by atoms with Crippen LogP contribution in [0.2, 0.25) is 0 Å². The zero-order chi connectivity index (χ0) is 11.5. The molecule has 0 spiro atoms. The van der Waals surface area contributed by atoms with Crippen LogP contribution in [0.3, 0.4) is 0 Å². The van der Waals surface area contributed by atoms with Crippen molar-refractivity contribution < 1.29 is 0 Å². The fourth-order valence-corrected chi connectivity index (χ4v) is 1.91. The lowest BCUT2D eigenvalue weighted by Gasteiger charge is -2.26. The van der Waals surface area contributed by atoms with E-state index in [-0.39, 0.29) is 5.56 Å². The minimum Gasteiger partial charge on any atom is -0.316 e. The minimum atomic E-state index is 0.0333. The largest absolute Gasteiger partial charge is 0.316 e. The number of nitrogens with one attached hydrogen (secondary N) is 2. The van der Waals surface area contributed by atoms with Gasteiger partial charge in [0.1, 0.15) is 5.82 Å². The molecule has 1 aliphatic rings. The van der Waals surface area contributed by atoms with Gasteiger partial charge in [0, 0.05) is 18.2 Å². The van der Waals surface area contributed by atoms with Crippen LogP contribution in [0.1, 0.15) is 25.2 Å². The summed E-state index contributed by atoms with van der Waals surface area (Å²) in [6.07, 6.45) is 3.41. The summed E-state index contributed by atoms with van der Waals surface area (Å²) < 4.78 is 0. The van der Waals surface area contributed by atoms with Crippen molar-refractivity contribution in [3.05, 3.63) is 27.9 Å². The van der Waals surface area contributed by atoms with Crippen LogP contribution in [-0.4, -0.2) is 23.1 Å². The summed E-state index contributed by atoms with van der Waals surface area (Å²) in [5.41, 5.74) is 0.830. The molecule has 0 aliphatic carbocycles. The fourth-order valence-electron chi connectivity index (χ4n) is 1.91. The van der Waals surface area contributed by atoms with Crippen molar-refractivity contribution >= 4 is 0 Å². The normalized spacial score (nSPS) is 16.4. The summed E-state index contributed by atoms with van der Waals surface area (Å²) >= 11 is 0. The Morgan fingerprint density at radius 1 is 1.50 bits per heavy atom. The molecule has 0 atom stereocenters. The Labute approximate surface area is 95.5 Å². The molecule has 0 radical (unpaired) electrons. The van der Waals surface area contributed by atoms with Gasteiger partial charge in [-0.1, -0.05) is 13.8 Å². The molecule has 2 rings (SSSR count). The topological polar surface area (TPSA) is 57.8 Å². The molecule has 0 aromatic carbocycles. The Balaban J connectivity index is 2.06. The van der Waals surface area contributed by atoms with Crippen molar-refractivity contribution in [1.82, 2.24) is 15.3 Å². The molecule has 88 valence electrons. The van der Waals surface area contributed by atoms with Gasteiger partial charge >= 0.3 is 0 Å². The molecule has 1 aromatic heterocycles. The predicted octanol–water partition coefficient (Wildman–Crippen LogP) is 0.730. The molecule has 0 bridgehead atoms. The average molecular weight is 221 g/mol. The second-order valence-corrected chi connectivity index (χ2v) is 5.01. The van der Waals surface area contributed by atoms with E-state index >= 15 is 0 Å². The molecule has 0 unspecified atom stereocenters. The van der Waals surface area contributed by atoms with Gasteiger partial charge in [0.25, 0.3) is 5.56 Å². The lowest BCUT2D eigenvalue weighted by atomic mass is 9.99. The van der Waals surface area contributed by atoms with E-state index in [0.29, 0.717) is 11.8 Å². The summed E-state index contributed by atoms with van der Waals surface area (Å²) in [6, 6.07) is 0. The summed E-state index contributed by atoms with van der Waals surface area (Å²) in [7, 11) is 0. The fraction of sp³-hybridized carbons (Fsp3) is 0.667. The molecular weight excluding hydrogens is 202 g/mol. The highest BCUT2D eigenvalue weighted by Crippen LogP contribution is 2.08. The van der Waals surface area contributed by atoms with Gasteiger partial charge in [-0.3, -0.25) is 4.79 Å². The molecule has 1 aromatic rings. The quantitative estimate of drug-likeness (QED) is 0.788. The third-order valence-corrected chi connectivity index (χ3v) is 2.90. The molecule has 16 heavy (non-hydrogen) atoms. The maximum atomic E-state index is 11.8. The van der Waals surface area contributed by atoms with E-state index in [4.69, 9.17) is 0 Å². The van der Waals surface area contributed by atoms with E-state index < -0.39 is 0 Å². The number of aromatic amines is 1. The molecule has 1 aliphatic heterocycles. The molecule has 2 N–H and O–H groups in total. The highest BCUT2D eigenvalue weighted by Gasteiger charge is 2.18. The second-order valence-electron chi connectivity index (χ2n) is 5.01. The van der Waals surface area contributed by atoms with Gasteiger partial charge in [-0.25, -0.2) is 4.98 Å². The Morgan fingerprint density at radius 3 is 2.75 bits per heavy atom. The Bertz CT molecular complexity index is 407. The van der Waals surface area contributed by atoms with Gasteiger partial charge in [0.05, 0.1) is 0 Å². The summed E-state index contributed by atoms with van der Waals surface area (Å²) in [4.78, 5) is 19.0. The van der Waals surface area contributed by atoms with Gasteiger partial charge in [-0.05, 0) is 31.3 Å². The average Bonchev–Trinajstić information content (AvgIpc) is 2.15. The van der Waals surface area contributed by atoms with Crippen molar-refractivity contribution in [2.45, 2.75) is 26.7 Å². The lowest BCUT2D eigenvalue weighted by Crippen LogP contribution is -2.43. The monoisotopic (exact) mass is 221 g/mol. The number of rotatable bonds is 4. The van der Waals surface area contributed by atoms with Crippen molar-refractivity contribution in [3.63, 3.8) is 0 Å². The molecule has 1 fully saturated rings. The van der Waals surface area contributed by atoms with Gasteiger partial charge in [-0.2, -0.15) is 0 Å². The first-order valence-corrected chi connectivity index (χ1v) is 5.93. The Kier molecular flexibility index (Phi) is 3.39. The molecule has 0 saturated carbocycles. The van der Waals surface area contributed by atoms with Gasteiger partial charge in [0.15, 0.2) is 0 Å². The number of hydrogen-bond donors (Lipinski definition) is 2. The van der Waals surface area contributed by atoms with Crippen molar-refractivity contribution in [2.75, 3.05) is 13.1 Å². The zero-order valence-electron chi connectivity index (χ0n) is 9.92.